The Labute approximate surface area is 126 Å². The molecule has 0 saturated heterocycles. The second kappa shape index (κ2) is 9.38. The maximum absolute atomic E-state index is 11.3. The van der Waals surface area contributed by atoms with Crippen molar-refractivity contribution >= 4 is 5.97 Å². The lowest BCUT2D eigenvalue weighted by molar-refractivity contribution is -0.928. The average molecular weight is 286 g/mol. The SMILES string of the molecule is CCCCCCCCCCC[N+](C)(C)C(C)(C)C(=O)O. The van der Waals surface area contributed by atoms with Crippen molar-refractivity contribution in [2.24, 2.45) is 0 Å². The van der Waals surface area contributed by atoms with Crippen molar-refractivity contribution in [2.75, 3.05) is 20.6 Å². The summed E-state index contributed by atoms with van der Waals surface area (Å²) < 4.78 is 0.554. The first kappa shape index (κ1) is 19.4. The van der Waals surface area contributed by atoms with E-state index in [0.717, 1.165) is 13.0 Å². The van der Waals surface area contributed by atoms with Crippen molar-refractivity contribution in [3.8, 4) is 0 Å². The molecular weight excluding hydrogens is 250 g/mol. The summed E-state index contributed by atoms with van der Waals surface area (Å²) in [6.07, 6.45) is 11.8. The Kier molecular flexibility index (Phi) is 9.11. The maximum Gasteiger partial charge on any atom is 0.365 e. The molecule has 0 saturated carbocycles. The van der Waals surface area contributed by atoms with Crippen LogP contribution in [0, 0.1) is 0 Å². The first-order valence-electron chi connectivity index (χ1n) is 8.32. The Morgan fingerprint density at radius 3 is 1.70 bits per heavy atom. The molecule has 0 spiro atoms. The normalized spacial score (nSPS) is 12.7. The van der Waals surface area contributed by atoms with Crippen molar-refractivity contribution in [2.45, 2.75) is 84.1 Å². The third-order valence-corrected chi connectivity index (χ3v) is 4.86. The van der Waals surface area contributed by atoms with Gasteiger partial charge in [-0.15, -0.1) is 0 Å². The van der Waals surface area contributed by atoms with Gasteiger partial charge in [0.05, 0.1) is 20.6 Å². The number of carboxylic acid groups (broad SMARTS) is 1. The summed E-state index contributed by atoms with van der Waals surface area (Å²) in [5.41, 5.74) is -0.708. The van der Waals surface area contributed by atoms with Gasteiger partial charge in [-0.2, -0.15) is 0 Å². The van der Waals surface area contributed by atoms with Crippen LogP contribution in [0.5, 0.6) is 0 Å². The number of quaternary nitrogens is 1. The number of rotatable bonds is 12. The van der Waals surface area contributed by atoms with Crippen molar-refractivity contribution in [3.63, 3.8) is 0 Å². The fraction of sp³-hybridized carbons (Fsp3) is 0.941. The molecule has 0 aliphatic carbocycles. The largest absolute Gasteiger partial charge is 0.477 e. The quantitative estimate of drug-likeness (QED) is 0.425. The van der Waals surface area contributed by atoms with Gasteiger partial charge in [0.2, 0.25) is 0 Å². The number of carbonyl (C=O) groups is 1. The monoisotopic (exact) mass is 286 g/mol. The molecular formula is C17H36NO2+. The minimum Gasteiger partial charge on any atom is -0.477 e. The Balaban J connectivity index is 3.71. The Hall–Kier alpha value is -0.570. The molecule has 3 nitrogen and oxygen atoms in total. The fourth-order valence-electron chi connectivity index (χ4n) is 2.36. The molecule has 120 valence electrons. The molecule has 0 aromatic carbocycles. The highest BCUT2D eigenvalue weighted by molar-refractivity contribution is 5.76. The van der Waals surface area contributed by atoms with E-state index in [2.05, 4.69) is 6.92 Å². The molecule has 1 N–H and O–H groups in total. The molecule has 0 bridgehead atoms. The minimum absolute atomic E-state index is 0.554. The summed E-state index contributed by atoms with van der Waals surface area (Å²) in [6.45, 7) is 6.83. The molecule has 0 unspecified atom stereocenters. The Morgan fingerprint density at radius 2 is 1.30 bits per heavy atom. The number of hydrogen-bond donors (Lipinski definition) is 1. The number of unbranched alkanes of at least 4 members (excludes halogenated alkanes) is 8. The third-order valence-electron chi connectivity index (χ3n) is 4.86. The van der Waals surface area contributed by atoms with Crippen LogP contribution in [0.15, 0.2) is 0 Å². The van der Waals surface area contributed by atoms with Gasteiger partial charge in [-0.05, 0) is 12.8 Å². The van der Waals surface area contributed by atoms with Crippen LogP contribution in [-0.2, 0) is 4.79 Å². The molecule has 0 amide bonds. The molecule has 0 fully saturated rings. The van der Waals surface area contributed by atoms with E-state index in [0.29, 0.717) is 4.48 Å². The van der Waals surface area contributed by atoms with E-state index in [1.807, 2.05) is 27.9 Å². The first-order chi connectivity index (χ1) is 9.25. The average Bonchev–Trinajstić information content (AvgIpc) is 2.36. The smallest absolute Gasteiger partial charge is 0.365 e. The molecule has 0 aromatic rings. The highest BCUT2D eigenvalue weighted by atomic mass is 16.4. The van der Waals surface area contributed by atoms with Gasteiger partial charge in [0.15, 0.2) is 5.54 Å². The second-order valence-electron chi connectivity index (χ2n) is 7.10. The Morgan fingerprint density at radius 1 is 0.900 bits per heavy atom. The summed E-state index contributed by atoms with van der Waals surface area (Å²) in [6, 6.07) is 0. The lowest BCUT2D eigenvalue weighted by atomic mass is 9.99. The lowest BCUT2D eigenvalue weighted by Crippen LogP contribution is -2.60. The van der Waals surface area contributed by atoms with E-state index in [4.69, 9.17) is 0 Å². The van der Waals surface area contributed by atoms with Crippen LogP contribution in [-0.4, -0.2) is 41.7 Å². The number of aliphatic carboxylic acids is 1. The van der Waals surface area contributed by atoms with Crippen LogP contribution >= 0.6 is 0 Å². The van der Waals surface area contributed by atoms with Crippen LogP contribution in [0.25, 0.3) is 0 Å². The summed E-state index contributed by atoms with van der Waals surface area (Å²) in [5.74, 6) is -0.710. The summed E-state index contributed by atoms with van der Waals surface area (Å²) in [7, 11) is 4.05. The van der Waals surface area contributed by atoms with Crippen LogP contribution in [0.3, 0.4) is 0 Å². The summed E-state index contributed by atoms with van der Waals surface area (Å²) in [4.78, 5) is 11.3. The topological polar surface area (TPSA) is 37.3 Å². The van der Waals surface area contributed by atoms with Crippen molar-refractivity contribution < 1.29 is 14.4 Å². The van der Waals surface area contributed by atoms with Gasteiger partial charge in [-0.1, -0.05) is 51.9 Å². The van der Waals surface area contributed by atoms with Gasteiger partial charge < -0.3 is 9.59 Å². The second-order valence-corrected chi connectivity index (χ2v) is 7.10. The Bertz CT molecular complexity index is 272. The predicted octanol–water partition coefficient (Wildman–Crippen LogP) is 4.46. The van der Waals surface area contributed by atoms with E-state index < -0.39 is 11.5 Å². The van der Waals surface area contributed by atoms with Gasteiger partial charge in [0.1, 0.15) is 0 Å². The van der Waals surface area contributed by atoms with Crippen LogP contribution in [0.1, 0.15) is 78.6 Å². The van der Waals surface area contributed by atoms with E-state index in [1.165, 1.54) is 51.4 Å². The number of carboxylic acids is 1. The minimum atomic E-state index is -0.710. The summed E-state index contributed by atoms with van der Waals surface area (Å²) >= 11 is 0. The molecule has 0 rings (SSSR count). The molecule has 0 atom stereocenters. The van der Waals surface area contributed by atoms with Crippen LogP contribution in [0.4, 0.5) is 0 Å². The van der Waals surface area contributed by atoms with Crippen LogP contribution < -0.4 is 0 Å². The van der Waals surface area contributed by atoms with Gasteiger partial charge in [-0.25, -0.2) is 4.79 Å². The zero-order chi connectivity index (χ0) is 15.6. The van der Waals surface area contributed by atoms with Gasteiger partial charge in [0.25, 0.3) is 0 Å². The van der Waals surface area contributed by atoms with E-state index >= 15 is 0 Å². The highest BCUT2D eigenvalue weighted by Gasteiger charge is 2.43. The van der Waals surface area contributed by atoms with E-state index in [1.54, 1.807) is 0 Å². The van der Waals surface area contributed by atoms with Gasteiger partial charge in [0, 0.05) is 13.8 Å². The summed E-state index contributed by atoms with van der Waals surface area (Å²) in [5, 5.41) is 9.30. The molecule has 0 aliphatic rings. The van der Waals surface area contributed by atoms with E-state index in [-0.39, 0.29) is 0 Å². The van der Waals surface area contributed by atoms with Crippen molar-refractivity contribution in [1.82, 2.24) is 0 Å². The van der Waals surface area contributed by atoms with Crippen molar-refractivity contribution in [3.05, 3.63) is 0 Å². The third kappa shape index (κ3) is 6.74. The molecule has 0 heterocycles. The van der Waals surface area contributed by atoms with Gasteiger partial charge >= 0.3 is 5.97 Å². The highest BCUT2D eigenvalue weighted by Crippen LogP contribution is 2.22. The van der Waals surface area contributed by atoms with E-state index in [9.17, 15) is 9.90 Å². The molecule has 0 aromatic heterocycles. The zero-order valence-corrected chi connectivity index (χ0v) is 14.4. The lowest BCUT2D eigenvalue weighted by Gasteiger charge is -2.41. The fourth-order valence-corrected chi connectivity index (χ4v) is 2.36. The molecule has 20 heavy (non-hydrogen) atoms. The first-order valence-corrected chi connectivity index (χ1v) is 8.32. The maximum atomic E-state index is 11.3. The molecule has 3 heteroatoms. The predicted molar refractivity (Wildman–Crippen MR) is 85.9 cm³/mol. The molecule has 0 aliphatic heterocycles. The number of likely N-dealkylation sites (N-methyl/N-ethyl adjacent to an activating group) is 1. The molecule has 0 radical (unpaired) electrons. The number of hydrogen-bond acceptors (Lipinski definition) is 1. The van der Waals surface area contributed by atoms with Crippen LogP contribution in [0.2, 0.25) is 0 Å². The zero-order valence-electron chi connectivity index (χ0n) is 14.4. The number of nitrogens with zero attached hydrogens (tertiary/aromatic N) is 1. The standard InChI is InChI=1S/C17H35NO2/c1-6-7-8-9-10-11-12-13-14-15-18(4,5)17(2,3)16(19)20/h6-15H2,1-5H3/p+1. The van der Waals surface area contributed by atoms with Gasteiger partial charge in [-0.3, -0.25) is 0 Å². The van der Waals surface area contributed by atoms with Crippen molar-refractivity contribution in [1.29, 1.82) is 0 Å².